The number of nitrogens with one attached hydrogen (secondary N) is 1. The van der Waals surface area contributed by atoms with Gasteiger partial charge in [0.05, 0.1) is 0 Å². The van der Waals surface area contributed by atoms with E-state index in [4.69, 9.17) is 0 Å². The molecule has 0 radical (unpaired) electrons. The average molecular weight is 278 g/mol. The number of piperidine rings is 1. The van der Waals surface area contributed by atoms with Gasteiger partial charge in [0.15, 0.2) is 0 Å². The largest absolute Gasteiger partial charge is 0.314 e. The summed E-state index contributed by atoms with van der Waals surface area (Å²) in [5.74, 6) is 0.930. The van der Waals surface area contributed by atoms with Gasteiger partial charge in [0.2, 0.25) is 0 Å². The van der Waals surface area contributed by atoms with Gasteiger partial charge in [-0.05, 0) is 69.1 Å². The highest BCUT2D eigenvalue weighted by Gasteiger charge is 2.30. The fourth-order valence-electron chi connectivity index (χ4n) is 3.87. The Balaban J connectivity index is 1.56. The molecule has 3 heteroatoms. The van der Waals surface area contributed by atoms with Gasteiger partial charge in [0.25, 0.3) is 0 Å². The first-order valence-electron chi connectivity index (χ1n) is 7.89. The predicted molar refractivity (Wildman–Crippen MR) is 82.7 cm³/mol. The molecule has 1 N–H and O–H groups in total. The van der Waals surface area contributed by atoms with Gasteiger partial charge in [-0.1, -0.05) is 13.0 Å². The van der Waals surface area contributed by atoms with Gasteiger partial charge in [0, 0.05) is 17.0 Å². The van der Waals surface area contributed by atoms with Crippen molar-refractivity contribution in [1.29, 1.82) is 0 Å². The van der Waals surface area contributed by atoms with E-state index in [-0.39, 0.29) is 0 Å². The Labute approximate surface area is 121 Å². The lowest BCUT2D eigenvalue weighted by molar-refractivity contribution is 0.117. The van der Waals surface area contributed by atoms with E-state index in [2.05, 4.69) is 34.7 Å². The van der Waals surface area contributed by atoms with Crippen LogP contribution in [0.2, 0.25) is 0 Å². The maximum absolute atomic E-state index is 3.70. The van der Waals surface area contributed by atoms with Crippen LogP contribution >= 0.6 is 11.3 Å². The lowest BCUT2D eigenvalue weighted by Gasteiger charge is -2.38. The molecule has 0 bridgehead atoms. The Bertz CT molecular complexity index is 362. The van der Waals surface area contributed by atoms with E-state index in [0.29, 0.717) is 6.04 Å². The number of hydrogen-bond acceptors (Lipinski definition) is 3. The van der Waals surface area contributed by atoms with Gasteiger partial charge in [0.1, 0.15) is 0 Å². The van der Waals surface area contributed by atoms with Gasteiger partial charge in [-0.15, -0.1) is 11.3 Å². The molecular weight excluding hydrogens is 252 g/mol. The van der Waals surface area contributed by atoms with Crippen LogP contribution in [0.3, 0.4) is 0 Å². The molecule has 3 heterocycles. The lowest BCUT2D eigenvalue weighted by Crippen LogP contribution is -2.42. The second-order valence-electron chi connectivity index (χ2n) is 6.02. The van der Waals surface area contributed by atoms with E-state index >= 15 is 0 Å². The number of nitrogens with zero attached hydrogens (tertiary/aromatic N) is 1. The van der Waals surface area contributed by atoms with Crippen LogP contribution in [-0.4, -0.2) is 30.6 Å². The van der Waals surface area contributed by atoms with Crippen molar-refractivity contribution in [3.63, 3.8) is 0 Å². The maximum Gasteiger partial charge on any atom is 0.0438 e. The third kappa shape index (κ3) is 3.04. The first-order chi connectivity index (χ1) is 9.38. The fraction of sp³-hybridized carbons (Fsp3) is 0.750. The highest BCUT2D eigenvalue weighted by atomic mass is 32.1. The molecule has 0 amide bonds. The van der Waals surface area contributed by atoms with Gasteiger partial charge >= 0.3 is 0 Å². The second-order valence-corrected chi connectivity index (χ2v) is 6.99. The molecular formula is C16H26N2S. The highest BCUT2D eigenvalue weighted by molar-refractivity contribution is 7.10. The summed E-state index contributed by atoms with van der Waals surface area (Å²) < 4.78 is 0. The summed E-state index contributed by atoms with van der Waals surface area (Å²) in [6.07, 6.45) is 6.82. The summed E-state index contributed by atoms with van der Waals surface area (Å²) in [7, 11) is 0. The minimum Gasteiger partial charge on any atom is -0.314 e. The van der Waals surface area contributed by atoms with Crippen LogP contribution in [0.4, 0.5) is 0 Å². The molecule has 106 valence electrons. The van der Waals surface area contributed by atoms with Crippen LogP contribution in [0.1, 0.15) is 49.9 Å². The summed E-state index contributed by atoms with van der Waals surface area (Å²) in [5, 5.41) is 5.91. The monoisotopic (exact) mass is 278 g/mol. The molecule has 2 aliphatic rings. The summed E-state index contributed by atoms with van der Waals surface area (Å²) in [5.41, 5.74) is 0. The van der Waals surface area contributed by atoms with Crippen LogP contribution in [0.5, 0.6) is 0 Å². The molecule has 2 aliphatic heterocycles. The summed E-state index contributed by atoms with van der Waals surface area (Å²) in [6.45, 7) is 6.16. The molecule has 1 aromatic heterocycles. The zero-order valence-electron chi connectivity index (χ0n) is 12.0. The van der Waals surface area contributed by atoms with Crippen molar-refractivity contribution in [1.82, 2.24) is 10.2 Å². The molecule has 2 nitrogen and oxygen atoms in total. The van der Waals surface area contributed by atoms with Gasteiger partial charge in [-0.2, -0.15) is 0 Å². The smallest absolute Gasteiger partial charge is 0.0438 e. The predicted octanol–water partition coefficient (Wildman–Crippen LogP) is 3.66. The van der Waals surface area contributed by atoms with Crippen LogP contribution in [0, 0.1) is 5.92 Å². The van der Waals surface area contributed by atoms with Crippen molar-refractivity contribution in [2.45, 2.75) is 51.1 Å². The minimum absolute atomic E-state index is 0.664. The van der Waals surface area contributed by atoms with E-state index < -0.39 is 0 Å². The van der Waals surface area contributed by atoms with Crippen molar-refractivity contribution in [3.05, 3.63) is 22.4 Å². The van der Waals surface area contributed by atoms with E-state index in [1.807, 2.05) is 11.3 Å². The summed E-state index contributed by atoms with van der Waals surface area (Å²) in [6, 6.07) is 5.99. The number of rotatable bonds is 4. The SMILES string of the molecule is CCC(c1cccs1)N1CCC(C2CCCN2)CC1. The first-order valence-corrected chi connectivity index (χ1v) is 8.77. The summed E-state index contributed by atoms with van der Waals surface area (Å²) in [4.78, 5) is 4.28. The third-order valence-electron chi connectivity index (χ3n) is 4.94. The maximum atomic E-state index is 3.70. The Morgan fingerprint density at radius 1 is 1.37 bits per heavy atom. The third-order valence-corrected chi connectivity index (χ3v) is 5.91. The van der Waals surface area contributed by atoms with Crippen molar-refractivity contribution in [3.8, 4) is 0 Å². The molecule has 2 atom stereocenters. The average Bonchev–Trinajstić information content (AvgIpc) is 3.14. The van der Waals surface area contributed by atoms with Gasteiger partial charge in [-0.3, -0.25) is 4.90 Å². The Hall–Kier alpha value is -0.380. The van der Waals surface area contributed by atoms with E-state index in [1.54, 1.807) is 4.88 Å². The van der Waals surface area contributed by atoms with Crippen molar-refractivity contribution >= 4 is 11.3 Å². The zero-order valence-corrected chi connectivity index (χ0v) is 12.8. The molecule has 2 saturated heterocycles. The zero-order chi connectivity index (χ0) is 13.1. The normalized spacial score (nSPS) is 27.7. The van der Waals surface area contributed by atoms with E-state index in [0.717, 1.165) is 12.0 Å². The topological polar surface area (TPSA) is 15.3 Å². The summed E-state index contributed by atoms with van der Waals surface area (Å²) >= 11 is 1.92. The van der Waals surface area contributed by atoms with Gasteiger partial charge < -0.3 is 5.32 Å². The molecule has 1 aromatic rings. The van der Waals surface area contributed by atoms with Gasteiger partial charge in [-0.25, -0.2) is 0 Å². The Kier molecular flexibility index (Phi) is 4.57. The van der Waals surface area contributed by atoms with Crippen molar-refractivity contribution < 1.29 is 0 Å². The van der Waals surface area contributed by atoms with Crippen molar-refractivity contribution in [2.24, 2.45) is 5.92 Å². The highest BCUT2D eigenvalue weighted by Crippen LogP contribution is 2.33. The molecule has 2 fully saturated rings. The Morgan fingerprint density at radius 3 is 2.79 bits per heavy atom. The molecule has 0 aromatic carbocycles. The Morgan fingerprint density at radius 2 is 2.21 bits per heavy atom. The van der Waals surface area contributed by atoms with E-state index in [1.165, 1.54) is 51.7 Å². The van der Waals surface area contributed by atoms with Crippen LogP contribution in [-0.2, 0) is 0 Å². The molecule has 2 unspecified atom stereocenters. The van der Waals surface area contributed by atoms with Crippen LogP contribution in [0.25, 0.3) is 0 Å². The molecule has 0 saturated carbocycles. The fourth-order valence-corrected chi connectivity index (χ4v) is 4.81. The number of likely N-dealkylation sites (tertiary alicyclic amines) is 1. The number of thiophene rings is 1. The standard InChI is InChI=1S/C16H26N2S/c1-2-15(16-6-4-12-19-16)18-10-7-13(8-11-18)14-5-3-9-17-14/h4,6,12-15,17H,2-3,5,7-11H2,1H3. The molecule has 0 spiro atoms. The van der Waals surface area contributed by atoms with Crippen LogP contribution < -0.4 is 5.32 Å². The molecule has 0 aliphatic carbocycles. The lowest BCUT2D eigenvalue weighted by atomic mass is 9.88. The van der Waals surface area contributed by atoms with Crippen LogP contribution in [0.15, 0.2) is 17.5 Å². The number of hydrogen-bond donors (Lipinski definition) is 1. The first kappa shape index (κ1) is 13.6. The molecule has 19 heavy (non-hydrogen) atoms. The molecule has 3 rings (SSSR count). The van der Waals surface area contributed by atoms with Crippen molar-refractivity contribution in [2.75, 3.05) is 19.6 Å². The second kappa shape index (κ2) is 6.38. The minimum atomic E-state index is 0.664. The quantitative estimate of drug-likeness (QED) is 0.904. The van der Waals surface area contributed by atoms with E-state index in [9.17, 15) is 0 Å².